The van der Waals surface area contributed by atoms with E-state index in [0.29, 0.717) is 11.2 Å². The number of ether oxygens (including phenoxy) is 1. The Labute approximate surface area is 129 Å². The number of carboxylic acids is 1. The molecule has 3 heterocycles. The highest BCUT2D eigenvalue weighted by atomic mass is 16.5. The van der Waals surface area contributed by atoms with Gasteiger partial charge in [-0.05, 0) is 6.08 Å². The summed E-state index contributed by atoms with van der Waals surface area (Å²) in [5.74, 6) is -0.948. The van der Waals surface area contributed by atoms with Crippen LogP contribution >= 0.6 is 0 Å². The second kappa shape index (κ2) is 5.91. The van der Waals surface area contributed by atoms with Gasteiger partial charge in [-0.1, -0.05) is 0 Å². The Balaban J connectivity index is 2.03. The first-order valence-electron chi connectivity index (χ1n) is 6.85. The van der Waals surface area contributed by atoms with Crippen molar-refractivity contribution in [3.05, 3.63) is 18.2 Å². The molecule has 5 N–H and O–H groups in total. The minimum Gasteiger partial charge on any atom is -0.478 e. The van der Waals surface area contributed by atoms with Gasteiger partial charge in [-0.15, -0.1) is 0 Å². The lowest BCUT2D eigenvalue weighted by atomic mass is 10.2. The molecule has 1 aliphatic rings. The highest BCUT2D eigenvalue weighted by Gasteiger charge is 2.36. The molecule has 3 atom stereocenters. The summed E-state index contributed by atoms with van der Waals surface area (Å²) in [6.07, 6.45) is 1.72. The number of aliphatic hydroxyl groups excluding tert-OH is 2. The third-order valence-corrected chi connectivity index (χ3v) is 3.48. The van der Waals surface area contributed by atoms with Crippen molar-refractivity contribution in [3.63, 3.8) is 0 Å². The van der Waals surface area contributed by atoms with E-state index in [0.717, 1.165) is 6.08 Å². The number of aromatic nitrogens is 4. The maximum absolute atomic E-state index is 10.6. The van der Waals surface area contributed by atoms with Crippen molar-refractivity contribution in [1.82, 2.24) is 19.5 Å². The maximum Gasteiger partial charge on any atom is 0.328 e. The molecule has 10 nitrogen and oxygen atoms in total. The number of aliphatic carboxylic acids is 1. The van der Waals surface area contributed by atoms with Crippen LogP contribution in [0.4, 0.5) is 5.82 Å². The molecule has 1 saturated heterocycles. The molecule has 1 unspecified atom stereocenters. The van der Waals surface area contributed by atoms with Crippen molar-refractivity contribution >= 4 is 29.0 Å². The Kier molecular flexibility index (Phi) is 3.94. The molecule has 10 heteroatoms. The minimum absolute atomic E-state index is 0.0879. The molecule has 0 amide bonds. The van der Waals surface area contributed by atoms with Crippen molar-refractivity contribution in [2.75, 3.05) is 12.3 Å². The Morgan fingerprint density at radius 3 is 2.96 bits per heavy atom. The number of nitrogens with two attached hydrogens (primary N) is 1. The van der Waals surface area contributed by atoms with Crippen molar-refractivity contribution in [3.8, 4) is 0 Å². The first-order valence-corrected chi connectivity index (χ1v) is 6.85. The van der Waals surface area contributed by atoms with Crippen molar-refractivity contribution < 1.29 is 24.9 Å². The number of carbonyl (C=O) groups is 1. The van der Waals surface area contributed by atoms with Crippen LogP contribution in [0.15, 0.2) is 12.4 Å². The van der Waals surface area contributed by atoms with Crippen LogP contribution in [0.1, 0.15) is 18.5 Å². The van der Waals surface area contributed by atoms with E-state index in [1.165, 1.54) is 17.0 Å². The largest absolute Gasteiger partial charge is 0.478 e. The zero-order chi connectivity index (χ0) is 16.6. The number of anilines is 1. The highest BCUT2D eigenvalue weighted by Crippen LogP contribution is 2.31. The number of fused-ring (bicyclic) bond motifs is 1. The minimum atomic E-state index is -1.14. The number of carboxylic acid groups (broad SMARTS) is 1. The van der Waals surface area contributed by atoms with E-state index in [1.807, 2.05) is 0 Å². The number of nitrogens with zero attached hydrogens (tertiary/aromatic N) is 4. The van der Waals surface area contributed by atoms with E-state index in [4.69, 9.17) is 20.7 Å². The summed E-state index contributed by atoms with van der Waals surface area (Å²) in [7, 11) is 0. The number of rotatable bonds is 4. The van der Waals surface area contributed by atoms with E-state index >= 15 is 0 Å². The molecule has 3 rings (SSSR count). The Bertz CT molecular complexity index is 773. The lowest BCUT2D eigenvalue weighted by Crippen LogP contribution is -2.19. The Hall–Kier alpha value is -2.56. The zero-order valence-corrected chi connectivity index (χ0v) is 11.9. The third-order valence-electron chi connectivity index (χ3n) is 3.48. The molecule has 23 heavy (non-hydrogen) atoms. The third kappa shape index (κ3) is 2.86. The van der Waals surface area contributed by atoms with Crippen LogP contribution in [-0.2, 0) is 9.53 Å². The standard InChI is InChI=1S/C13H15N5O5/c14-11-10-12(17-8(16-11)1-2-9(21)22)18(5-15-10)13-7(20)3-6(4-19)23-13/h1-2,5-7,13,19-20H,3-4H2,(H,21,22)(H2,14,16,17)/b2-1+/t6-,7?,13+/m0/s1. The van der Waals surface area contributed by atoms with Crippen LogP contribution in [0.2, 0.25) is 0 Å². The topological polar surface area (TPSA) is 157 Å². The summed E-state index contributed by atoms with van der Waals surface area (Å²) >= 11 is 0. The van der Waals surface area contributed by atoms with Gasteiger partial charge in [-0.2, -0.15) is 0 Å². The van der Waals surface area contributed by atoms with Gasteiger partial charge >= 0.3 is 5.97 Å². The highest BCUT2D eigenvalue weighted by molar-refractivity contribution is 5.86. The maximum atomic E-state index is 10.6. The predicted molar refractivity (Wildman–Crippen MR) is 78.0 cm³/mol. The van der Waals surface area contributed by atoms with E-state index in [-0.39, 0.29) is 24.7 Å². The van der Waals surface area contributed by atoms with Gasteiger partial charge in [0, 0.05) is 12.5 Å². The SMILES string of the molecule is Nc1nc(/C=C/C(=O)O)nc2c1ncn2[C@@H]1O[C@H](CO)CC1O. The fraction of sp³-hybridized carbons (Fsp3) is 0.385. The molecule has 1 aliphatic heterocycles. The zero-order valence-electron chi connectivity index (χ0n) is 11.9. The molecule has 0 aromatic carbocycles. The molecule has 0 aliphatic carbocycles. The smallest absolute Gasteiger partial charge is 0.328 e. The summed E-state index contributed by atoms with van der Waals surface area (Å²) in [6.45, 7) is -0.204. The van der Waals surface area contributed by atoms with Gasteiger partial charge in [-0.25, -0.2) is 19.7 Å². The van der Waals surface area contributed by atoms with E-state index in [2.05, 4.69) is 15.0 Å². The normalized spacial score (nSPS) is 24.7. The van der Waals surface area contributed by atoms with Gasteiger partial charge in [0.05, 0.1) is 19.0 Å². The van der Waals surface area contributed by atoms with E-state index in [1.54, 1.807) is 0 Å². The van der Waals surface area contributed by atoms with Crippen molar-refractivity contribution in [2.24, 2.45) is 0 Å². The first-order chi connectivity index (χ1) is 11.0. The summed E-state index contributed by atoms with van der Waals surface area (Å²) < 4.78 is 7.05. The van der Waals surface area contributed by atoms with Crippen molar-refractivity contribution in [1.29, 1.82) is 0 Å². The average Bonchev–Trinajstić information content (AvgIpc) is 3.08. The lowest BCUT2D eigenvalue weighted by molar-refractivity contribution is -0.131. The molecule has 122 valence electrons. The fourth-order valence-electron chi connectivity index (χ4n) is 2.46. The van der Waals surface area contributed by atoms with E-state index < -0.39 is 24.4 Å². The van der Waals surface area contributed by atoms with Crippen LogP contribution in [0.25, 0.3) is 17.2 Å². The monoisotopic (exact) mass is 321 g/mol. The molecular weight excluding hydrogens is 306 g/mol. The molecule has 0 radical (unpaired) electrons. The predicted octanol–water partition coefficient (Wildman–Crippen LogP) is -0.853. The van der Waals surface area contributed by atoms with Crippen LogP contribution in [0.3, 0.4) is 0 Å². The van der Waals surface area contributed by atoms with Crippen LogP contribution in [0, 0.1) is 0 Å². The number of hydrogen-bond donors (Lipinski definition) is 4. The van der Waals surface area contributed by atoms with Gasteiger partial charge in [0.1, 0.15) is 11.6 Å². The van der Waals surface area contributed by atoms with Crippen molar-refractivity contribution in [2.45, 2.75) is 24.9 Å². The average molecular weight is 321 g/mol. The second-order valence-corrected chi connectivity index (χ2v) is 5.10. The summed E-state index contributed by atoms with van der Waals surface area (Å²) in [5, 5.41) is 27.9. The molecule has 2 aromatic heterocycles. The number of hydrogen-bond acceptors (Lipinski definition) is 8. The van der Waals surface area contributed by atoms with Gasteiger partial charge in [-0.3, -0.25) is 4.57 Å². The molecule has 0 saturated carbocycles. The lowest BCUT2D eigenvalue weighted by Gasteiger charge is -2.16. The summed E-state index contributed by atoms with van der Waals surface area (Å²) in [4.78, 5) is 22.9. The number of nitrogen functional groups attached to an aromatic ring is 1. The number of aliphatic hydroxyl groups is 2. The first kappa shape index (κ1) is 15.3. The van der Waals surface area contributed by atoms with Gasteiger partial charge < -0.3 is 25.8 Å². The number of imidazole rings is 1. The fourth-order valence-corrected chi connectivity index (χ4v) is 2.46. The van der Waals surface area contributed by atoms with Gasteiger partial charge in [0.2, 0.25) is 0 Å². The second-order valence-electron chi connectivity index (χ2n) is 5.10. The molecule has 1 fully saturated rings. The quantitative estimate of drug-likeness (QED) is 0.526. The van der Waals surface area contributed by atoms with Crippen LogP contribution < -0.4 is 5.73 Å². The van der Waals surface area contributed by atoms with E-state index in [9.17, 15) is 9.90 Å². The molecule has 0 spiro atoms. The van der Waals surface area contributed by atoms with Gasteiger partial charge in [0.25, 0.3) is 0 Å². The van der Waals surface area contributed by atoms with Gasteiger partial charge in [0.15, 0.2) is 23.5 Å². The van der Waals surface area contributed by atoms with Crippen LogP contribution in [-0.4, -0.2) is 59.6 Å². The molecule has 2 aromatic rings. The van der Waals surface area contributed by atoms with Crippen LogP contribution in [0.5, 0.6) is 0 Å². The summed E-state index contributed by atoms with van der Waals surface area (Å²) in [6, 6.07) is 0. The Morgan fingerprint density at radius 2 is 2.30 bits per heavy atom. The Morgan fingerprint density at radius 1 is 1.52 bits per heavy atom. The molecule has 0 bridgehead atoms. The molecular formula is C13H15N5O5. The summed E-state index contributed by atoms with van der Waals surface area (Å²) in [5.41, 5.74) is 6.44.